The zero-order chi connectivity index (χ0) is 14.9. The number of carbonyl (C=O) groups is 2. The van der Waals surface area contributed by atoms with Crippen molar-refractivity contribution < 1.29 is 24.0 Å². The number of nitrogens with zero attached hydrogens (tertiary/aromatic N) is 1. The van der Waals surface area contributed by atoms with Gasteiger partial charge < -0.3 is 9.47 Å². The van der Waals surface area contributed by atoms with Gasteiger partial charge in [0.1, 0.15) is 0 Å². The molecule has 0 radical (unpaired) electrons. The highest BCUT2D eigenvalue weighted by molar-refractivity contribution is 6.06. The molecule has 0 spiro atoms. The molecule has 1 aromatic rings. The summed E-state index contributed by atoms with van der Waals surface area (Å²) in [6, 6.07) is 7.01. The summed E-state index contributed by atoms with van der Waals surface area (Å²) in [7, 11) is 2.18. The van der Waals surface area contributed by atoms with Crippen molar-refractivity contribution in [1.82, 2.24) is 0 Å². The fourth-order valence-corrected chi connectivity index (χ4v) is 2.68. The standard InChI is InChI=1S/C13H13NO6/c1-19-11(15)13(12(16)20-2)9(10(13)14(17)18)8-6-4-3-5-7-8/h3-7,9-10H,1-2H3/t9-,10-/m1/s1. The zero-order valence-corrected chi connectivity index (χ0v) is 10.9. The lowest BCUT2D eigenvalue weighted by Crippen LogP contribution is -2.34. The van der Waals surface area contributed by atoms with Crippen LogP contribution in [0.3, 0.4) is 0 Å². The van der Waals surface area contributed by atoms with E-state index in [-0.39, 0.29) is 0 Å². The quantitative estimate of drug-likeness (QED) is 0.349. The Bertz CT molecular complexity index is 539. The maximum Gasteiger partial charge on any atom is 0.331 e. The lowest BCUT2D eigenvalue weighted by molar-refractivity contribution is -0.501. The molecular formula is C13H13NO6. The minimum absolute atomic E-state index is 0.532. The van der Waals surface area contributed by atoms with Gasteiger partial charge in [-0.1, -0.05) is 30.3 Å². The van der Waals surface area contributed by atoms with Crippen LogP contribution in [0.15, 0.2) is 30.3 Å². The minimum Gasteiger partial charge on any atom is -0.468 e. The van der Waals surface area contributed by atoms with Gasteiger partial charge in [0.2, 0.25) is 11.5 Å². The molecule has 1 saturated carbocycles. The average molecular weight is 279 g/mol. The summed E-state index contributed by atoms with van der Waals surface area (Å²) in [4.78, 5) is 34.5. The van der Waals surface area contributed by atoms with Crippen LogP contribution in [0.5, 0.6) is 0 Å². The first-order chi connectivity index (χ1) is 9.51. The number of ether oxygens (including phenoxy) is 2. The smallest absolute Gasteiger partial charge is 0.331 e. The Morgan fingerprint density at radius 1 is 1.15 bits per heavy atom. The van der Waals surface area contributed by atoms with Crippen molar-refractivity contribution in [3.05, 3.63) is 46.0 Å². The topological polar surface area (TPSA) is 95.7 Å². The molecule has 0 bridgehead atoms. The van der Waals surface area contributed by atoms with E-state index in [0.29, 0.717) is 5.56 Å². The first kappa shape index (κ1) is 14.0. The van der Waals surface area contributed by atoms with Gasteiger partial charge in [-0.3, -0.25) is 19.7 Å². The second kappa shape index (κ2) is 4.92. The molecule has 0 unspecified atom stereocenters. The second-order valence-electron chi connectivity index (χ2n) is 4.47. The van der Waals surface area contributed by atoms with Gasteiger partial charge in [0.25, 0.3) is 0 Å². The highest BCUT2D eigenvalue weighted by Crippen LogP contribution is 2.62. The summed E-state index contributed by atoms with van der Waals surface area (Å²) in [6.07, 6.45) is 0. The largest absolute Gasteiger partial charge is 0.468 e. The molecule has 2 atom stereocenters. The number of rotatable bonds is 4. The molecule has 0 aliphatic heterocycles. The number of methoxy groups -OCH3 is 2. The van der Waals surface area contributed by atoms with Gasteiger partial charge in [0, 0.05) is 4.92 Å². The van der Waals surface area contributed by atoms with E-state index in [2.05, 4.69) is 9.47 Å². The van der Waals surface area contributed by atoms with E-state index in [1.165, 1.54) is 0 Å². The Morgan fingerprint density at radius 3 is 2.05 bits per heavy atom. The Labute approximate surface area is 114 Å². The molecule has 0 N–H and O–H groups in total. The van der Waals surface area contributed by atoms with E-state index in [4.69, 9.17) is 0 Å². The van der Waals surface area contributed by atoms with E-state index in [0.717, 1.165) is 14.2 Å². The third-order valence-corrected chi connectivity index (χ3v) is 3.60. The Morgan fingerprint density at radius 2 is 1.65 bits per heavy atom. The van der Waals surface area contributed by atoms with Gasteiger partial charge in [-0.05, 0) is 5.56 Å². The highest BCUT2D eigenvalue weighted by atomic mass is 16.6. The third-order valence-electron chi connectivity index (χ3n) is 3.60. The van der Waals surface area contributed by atoms with Crippen LogP contribution in [-0.2, 0) is 19.1 Å². The van der Waals surface area contributed by atoms with E-state index >= 15 is 0 Å². The number of hydrogen-bond donors (Lipinski definition) is 0. The minimum atomic E-state index is -1.89. The van der Waals surface area contributed by atoms with Crippen molar-refractivity contribution >= 4 is 11.9 Å². The molecule has 1 aliphatic rings. The molecule has 1 fully saturated rings. The van der Waals surface area contributed by atoms with E-state index in [1.807, 2.05) is 0 Å². The zero-order valence-electron chi connectivity index (χ0n) is 10.9. The summed E-state index contributed by atoms with van der Waals surface area (Å²) < 4.78 is 9.18. The molecule has 2 rings (SSSR count). The van der Waals surface area contributed by atoms with Crippen molar-refractivity contribution in [2.45, 2.75) is 12.0 Å². The van der Waals surface area contributed by atoms with Gasteiger partial charge in [-0.15, -0.1) is 0 Å². The molecule has 0 heterocycles. The van der Waals surface area contributed by atoms with Crippen molar-refractivity contribution in [2.75, 3.05) is 14.2 Å². The molecule has 20 heavy (non-hydrogen) atoms. The molecule has 0 saturated heterocycles. The highest BCUT2D eigenvalue weighted by Gasteiger charge is 2.85. The SMILES string of the molecule is COC(=O)C1(C(=O)OC)[C@H](c2ccccc2)[C@H]1[N+](=O)[O-]. The molecule has 106 valence electrons. The third kappa shape index (κ3) is 1.74. The summed E-state index contributed by atoms with van der Waals surface area (Å²) in [5.41, 5.74) is -1.36. The fourth-order valence-electron chi connectivity index (χ4n) is 2.68. The number of carbonyl (C=O) groups excluding carboxylic acids is 2. The lowest BCUT2D eigenvalue weighted by atomic mass is 9.99. The van der Waals surface area contributed by atoms with Crippen LogP contribution in [0, 0.1) is 15.5 Å². The van der Waals surface area contributed by atoms with E-state index in [9.17, 15) is 19.7 Å². The van der Waals surface area contributed by atoms with Gasteiger partial charge in [-0.2, -0.15) is 0 Å². The van der Waals surface area contributed by atoms with E-state index < -0.39 is 34.2 Å². The maximum absolute atomic E-state index is 12.0. The van der Waals surface area contributed by atoms with Crippen molar-refractivity contribution in [3.8, 4) is 0 Å². The summed E-state index contributed by atoms with van der Waals surface area (Å²) >= 11 is 0. The summed E-state index contributed by atoms with van der Waals surface area (Å²) in [5, 5.41) is 11.2. The molecule has 0 amide bonds. The molecule has 7 nitrogen and oxygen atoms in total. The van der Waals surface area contributed by atoms with Gasteiger partial charge in [0.05, 0.1) is 20.1 Å². The number of hydrogen-bond acceptors (Lipinski definition) is 6. The van der Waals surface area contributed by atoms with Gasteiger partial charge >= 0.3 is 11.9 Å². The van der Waals surface area contributed by atoms with Crippen molar-refractivity contribution in [3.63, 3.8) is 0 Å². The number of nitro groups is 1. The predicted molar refractivity (Wildman–Crippen MR) is 66.4 cm³/mol. The Hall–Kier alpha value is -2.44. The van der Waals surface area contributed by atoms with Crippen molar-refractivity contribution in [1.29, 1.82) is 0 Å². The average Bonchev–Trinajstić information content (AvgIpc) is 3.18. The van der Waals surface area contributed by atoms with Gasteiger partial charge in [-0.25, -0.2) is 0 Å². The Kier molecular flexibility index (Phi) is 3.44. The van der Waals surface area contributed by atoms with Crippen LogP contribution < -0.4 is 0 Å². The van der Waals surface area contributed by atoms with E-state index in [1.54, 1.807) is 30.3 Å². The Balaban J connectivity index is 2.52. The summed E-state index contributed by atoms with van der Waals surface area (Å²) in [6.45, 7) is 0. The predicted octanol–water partition coefficient (Wildman–Crippen LogP) is 0.761. The van der Waals surface area contributed by atoms with Crippen LogP contribution in [0.2, 0.25) is 0 Å². The fraction of sp³-hybridized carbons (Fsp3) is 0.385. The second-order valence-corrected chi connectivity index (χ2v) is 4.47. The molecule has 1 aliphatic carbocycles. The van der Waals surface area contributed by atoms with Crippen molar-refractivity contribution in [2.24, 2.45) is 5.41 Å². The van der Waals surface area contributed by atoms with Crippen LogP contribution in [0.1, 0.15) is 11.5 Å². The summed E-state index contributed by atoms with van der Waals surface area (Å²) in [5.74, 6) is -2.77. The molecular weight excluding hydrogens is 266 g/mol. The molecule has 7 heteroatoms. The van der Waals surface area contributed by atoms with Crippen LogP contribution in [0.25, 0.3) is 0 Å². The normalized spacial score (nSPS) is 22.7. The first-order valence-corrected chi connectivity index (χ1v) is 5.87. The first-order valence-electron chi connectivity index (χ1n) is 5.87. The van der Waals surface area contributed by atoms with Crippen LogP contribution >= 0.6 is 0 Å². The number of benzene rings is 1. The number of esters is 2. The van der Waals surface area contributed by atoms with Crippen LogP contribution in [-0.4, -0.2) is 37.1 Å². The lowest BCUT2D eigenvalue weighted by Gasteiger charge is -2.10. The molecule has 0 aromatic heterocycles. The van der Waals surface area contributed by atoms with Gasteiger partial charge in [0.15, 0.2) is 0 Å². The monoisotopic (exact) mass is 279 g/mol. The maximum atomic E-state index is 12.0. The van der Waals surface area contributed by atoms with Crippen LogP contribution in [0.4, 0.5) is 0 Å². The molecule has 1 aromatic carbocycles.